The summed E-state index contributed by atoms with van der Waals surface area (Å²) in [6.07, 6.45) is 7.13. The number of benzene rings is 1. The summed E-state index contributed by atoms with van der Waals surface area (Å²) in [6, 6.07) is 10.9. The normalized spacial score (nSPS) is 14.7. The third-order valence-electron chi connectivity index (χ3n) is 5.82. The number of nitrogens with zero attached hydrogens (tertiary/aromatic N) is 3. The summed E-state index contributed by atoms with van der Waals surface area (Å²) in [5.41, 5.74) is 4.76. The Morgan fingerprint density at radius 2 is 1.85 bits per heavy atom. The van der Waals surface area contributed by atoms with Gasteiger partial charge in [0.25, 0.3) is 0 Å². The van der Waals surface area contributed by atoms with E-state index in [1.807, 2.05) is 24.7 Å². The molecule has 1 heterocycles. The summed E-state index contributed by atoms with van der Waals surface area (Å²) in [7, 11) is 1.97. The van der Waals surface area contributed by atoms with Crippen molar-refractivity contribution in [2.45, 2.75) is 64.8 Å². The summed E-state index contributed by atoms with van der Waals surface area (Å²) in [4.78, 5) is 15.2. The lowest BCUT2D eigenvalue weighted by molar-refractivity contribution is -0.133. The number of hydrogen-bond acceptors (Lipinski definition) is 2. The summed E-state index contributed by atoms with van der Waals surface area (Å²) in [5.74, 6) is 0.301. The fraction of sp³-hybridized carbons (Fsp3) is 0.545. The van der Waals surface area contributed by atoms with E-state index in [4.69, 9.17) is 0 Å². The lowest BCUT2D eigenvalue weighted by Gasteiger charge is -2.29. The van der Waals surface area contributed by atoms with Crippen molar-refractivity contribution < 1.29 is 4.79 Å². The molecule has 1 amide bonds. The lowest BCUT2D eigenvalue weighted by atomic mass is 10.1. The van der Waals surface area contributed by atoms with Crippen molar-refractivity contribution in [1.82, 2.24) is 14.7 Å². The van der Waals surface area contributed by atoms with Gasteiger partial charge in [-0.05, 0) is 50.7 Å². The molecule has 0 radical (unpaired) electrons. The van der Waals surface area contributed by atoms with Gasteiger partial charge in [0.1, 0.15) is 0 Å². The van der Waals surface area contributed by atoms with Gasteiger partial charge in [0.15, 0.2) is 0 Å². The standard InChI is InChI=1S/C22H31N3O/c1-17-21(18(2)24(3)23-17)13-14-22(26)25(20-11-7-8-12-20)16-15-19-9-5-4-6-10-19/h4-6,9-10,20H,7-8,11-16H2,1-3H3. The topological polar surface area (TPSA) is 38.1 Å². The summed E-state index contributed by atoms with van der Waals surface area (Å²) >= 11 is 0. The molecule has 0 atom stereocenters. The highest BCUT2D eigenvalue weighted by Crippen LogP contribution is 2.25. The van der Waals surface area contributed by atoms with Gasteiger partial charge in [-0.3, -0.25) is 9.48 Å². The second-order valence-corrected chi connectivity index (χ2v) is 7.53. The lowest BCUT2D eigenvalue weighted by Crippen LogP contribution is -2.40. The Morgan fingerprint density at radius 3 is 2.46 bits per heavy atom. The van der Waals surface area contributed by atoms with Crippen LogP contribution in [0.15, 0.2) is 30.3 Å². The highest BCUT2D eigenvalue weighted by atomic mass is 16.2. The van der Waals surface area contributed by atoms with Crippen molar-refractivity contribution in [3.8, 4) is 0 Å². The van der Waals surface area contributed by atoms with Crippen LogP contribution in [-0.4, -0.2) is 33.2 Å². The van der Waals surface area contributed by atoms with Gasteiger partial charge in [0.2, 0.25) is 5.91 Å². The van der Waals surface area contributed by atoms with E-state index < -0.39 is 0 Å². The number of hydrogen-bond donors (Lipinski definition) is 0. The number of aryl methyl sites for hydroxylation is 2. The minimum Gasteiger partial charge on any atom is -0.339 e. The van der Waals surface area contributed by atoms with Crippen molar-refractivity contribution in [1.29, 1.82) is 0 Å². The second kappa shape index (κ2) is 8.52. The monoisotopic (exact) mass is 353 g/mol. The smallest absolute Gasteiger partial charge is 0.223 e. The Labute approximate surface area is 157 Å². The molecular weight excluding hydrogens is 322 g/mol. The van der Waals surface area contributed by atoms with E-state index in [9.17, 15) is 4.79 Å². The summed E-state index contributed by atoms with van der Waals surface area (Å²) in [5, 5.41) is 4.48. The molecule has 4 nitrogen and oxygen atoms in total. The van der Waals surface area contributed by atoms with E-state index >= 15 is 0 Å². The quantitative estimate of drug-likeness (QED) is 0.755. The predicted octanol–water partition coefficient (Wildman–Crippen LogP) is 3.98. The Hall–Kier alpha value is -2.10. The first-order valence-corrected chi connectivity index (χ1v) is 9.88. The highest BCUT2D eigenvalue weighted by molar-refractivity contribution is 5.77. The van der Waals surface area contributed by atoms with Crippen molar-refractivity contribution in [3.63, 3.8) is 0 Å². The molecule has 0 saturated heterocycles. The van der Waals surface area contributed by atoms with Crippen LogP contribution in [0.4, 0.5) is 0 Å². The largest absolute Gasteiger partial charge is 0.339 e. The number of aromatic nitrogens is 2. The number of carbonyl (C=O) groups is 1. The van der Waals surface area contributed by atoms with Crippen LogP contribution in [0.25, 0.3) is 0 Å². The molecule has 0 spiro atoms. The van der Waals surface area contributed by atoms with E-state index in [2.05, 4.69) is 41.2 Å². The number of carbonyl (C=O) groups excluding carboxylic acids is 1. The molecule has 1 fully saturated rings. The van der Waals surface area contributed by atoms with Gasteiger partial charge >= 0.3 is 0 Å². The van der Waals surface area contributed by atoms with Gasteiger partial charge in [-0.2, -0.15) is 5.10 Å². The molecule has 0 bridgehead atoms. The number of amides is 1. The molecule has 1 aliphatic rings. The van der Waals surface area contributed by atoms with Crippen LogP contribution >= 0.6 is 0 Å². The first-order valence-electron chi connectivity index (χ1n) is 9.88. The first-order chi connectivity index (χ1) is 12.6. The van der Waals surface area contributed by atoms with Crippen LogP contribution in [-0.2, 0) is 24.7 Å². The molecule has 4 heteroatoms. The number of rotatable bonds is 7. The zero-order chi connectivity index (χ0) is 18.5. The van der Waals surface area contributed by atoms with E-state index in [0.29, 0.717) is 18.4 Å². The highest BCUT2D eigenvalue weighted by Gasteiger charge is 2.26. The van der Waals surface area contributed by atoms with Gasteiger partial charge in [0.05, 0.1) is 5.69 Å². The first kappa shape index (κ1) is 18.7. The maximum Gasteiger partial charge on any atom is 0.223 e. The second-order valence-electron chi connectivity index (χ2n) is 7.53. The maximum absolute atomic E-state index is 13.1. The summed E-state index contributed by atoms with van der Waals surface area (Å²) < 4.78 is 1.92. The van der Waals surface area contributed by atoms with Crippen LogP contribution in [0.2, 0.25) is 0 Å². The third kappa shape index (κ3) is 4.35. The van der Waals surface area contributed by atoms with Crippen molar-refractivity contribution in [2.24, 2.45) is 7.05 Å². The molecule has 0 N–H and O–H groups in total. The fourth-order valence-electron chi connectivity index (χ4n) is 4.18. The van der Waals surface area contributed by atoms with Crippen molar-refractivity contribution in [3.05, 3.63) is 52.8 Å². The zero-order valence-corrected chi connectivity index (χ0v) is 16.4. The molecule has 1 aliphatic carbocycles. The molecule has 26 heavy (non-hydrogen) atoms. The van der Waals surface area contributed by atoms with Crippen LogP contribution in [0.3, 0.4) is 0 Å². The average molecular weight is 354 g/mol. The molecule has 1 saturated carbocycles. The maximum atomic E-state index is 13.1. The molecule has 0 aliphatic heterocycles. The Morgan fingerprint density at radius 1 is 1.15 bits per heavy atom. The summed E-state index contributed by atoms with van der Waals surface area (Å²) in [6.45, 7) is 4.96. The molecule has 140 valence electrons. The zero-order valence-electron chi connectivity index (χ0n) is 16.4. The predicted molar refractivity (Wildman–Crippen MR) is 105 cm³/mol. The van der Waals surface area contributed by atoms with Gasteiger partial charge in [-0.1, -0.05) is 43.2 Å². The molecule has 0 unspecified atom stereocenters. The molecular formula is C22H31N3O. The van der Waals surface area contributed by atoms with Crippen LogP contribution < -0.4 is 0 Å². The van der Waals surface area contributed by atoms with Gasteiger partial charge in [-0.25, -0.2) is 0 Å². The molecule has 1 aromatic carbocycles. The molecule has 2 aromatic rings. The van der Waals surface area contributed by atoms with E-state index in [-0.39, 0.29) is 0 Å². The van der Waals surface area contributed by atoms with E-state index in [1.54, 1.807) is 0 Å². The van der Waals surface area contributed by atoms with Crippen LogP contribution in [0, 0.1) is 13.8 Å². The Balaban J connectivity index is 1.64. The van der Waals surface area contributed by atoms with Crippen molar-refractivity contribution >= 4 is 5.91 Å². The Kier molecular flexibility index (Phi) is 6.12. The van der Waals surface area contributed by atoms with E-state index in [1.165, 1.54) is 29.7 Å². The third-order valence-corrected chi connectivity index (χ3v) is 5.82. The average Bonchev–Trinajstić information content (AvgIpc) is 3.24. The minimum atomic E-state index is 0.301. The fourth-order valence-corrected chi connectivity index (χ4v) is 4.18. The Bertz CT molecular complexity index is 729. The van der Waals surface area contributed by atoms with Gasteiger partial charge in [0, 0.05) is 31.7 Å². The van der Waals surface area contributed by atoms with Gasteiger partial charge in [-0.15, -0.1) is 0 Å². The molecule has 1 aromatic heterocycles. The van der Waals surface area contributed by atoms with E-state index in [0.717, 1.165) is 37.9 Å². The SMILES string of the molecule is Cc1nn(C)c(C)c1CCC(=O)N(CCc1ccccc1)C1CCCC1. The van der Waals surface area contributed by atoms with Crippen LogP contribution in [0.1, 0.15) is 54.6 Å². The van der Waals surface area contributed by atoms with Crippen LogP contribution in [0.5, 0.6) is 0 Å². The minimum absolute atomic E-state index is 0.301. The molecule has 3 rings (SSSR count). The van der Waals surface area contributed by atoms with Crippen molar-refractivity contribution in [2.75, 3.05) is 6.54 Å². The van der Waals surface area contributed by atoms with Gasteiger partial charge < -0.3 is 4.90 Å².